The van der Waals surface area contributed by atoms with E-state index in [1.165, 1.54) is 11.1 Å². The van der Waals surface area contributed by atoms with Gasteiger partial charge in [-0.05, 0) is 29.9 Å². The molecule has 0 radical (unpaired) electrons. The molecule has 0 unspecified atom stereocenters. The third kappa shape index (κ3) is 3.47. The van der Waals surface area contributed by atoms with Crippen LogP contribution in [0.3, 0.4) is 0 Å². The van der Waals surface area contributed by atoms with Crippen LogP contribution in [0.1, 0.15) is 42.7 Å². The van der Waals surface area contributed by atoms with Crippen molar-refractivity contribution >= 4 is 5.78 Å². The highest BCUT2D eigenvalue weighted by molar-refractivity contribution is 5.79. The third-order valence-corrected chi connectivity index (χ3v) is 4.50. The van der Waals surface area contributed by atoms with Gasteiger partial charge in [0.2, 0.25) is 0 Å². The molecule has 3 nitrogen and oxygen atoms in total. The standard InChI is InChI=1S/C17H23NO2/c19-17-7-5-16(6-8-17)15-3-1-14(2-4-15)13-18-9-11-20-12-10-18/h1-4,16H,5-13H2. The first-order chi connectivity index (χ1) is 9.81. The summed E-state index contributed by atoms with van der Waals surface area (Å²) in [4.78, 5) is 13.7. The van der Waals surface area contributed by atoms with E-state index in [4.69, 9.17) is 4.74 Å². The Morgan fingerprint density at radius 1 is 1.05 bits per heavy atom. The van der Waals surface area contributed by atoms with Crippen LogP contribution >= 0.6 is 0 Å². The molecule has 0 spiro atoms. The van der Waals surface area contributed by atoms with Crippen molar-refractivity contribution < 1.29 is 9.53 Å². The maximum absolute atomic E-state index is 11.3. The Balaban J connectivity index is 1.58. The zero-order chi connectivity index (χ0) is 13.8. The average molecular weight is 273 g/mol. The summed E-state index contributed by atoms with van der Waals surface area (Å²) in [5.74, 6) is 1.02. The third-order valence-electron chi connectivity index (χ3n) is 4.50. The lowest BCUT2D eigenvalue weighted by Gasteiger charge is -2.27. The van der Waals surface area contributed by atoms with Crippen molar-refractivity contribution in [1.82, 2.24) is 4.90 Å². The predicted octanol–water partition coefficient (Wildman–Crippen LogP) is 2.75. The first-order valence-electron chi connectivity index (χ1n) is 7.72. The maximum Gasteiger partial charge on any atom is 0.132 e. The minimum absolute atomic E-state index is 0.435. The number of benzene rings is 1. The summed E-state index contributed by atoms with van der Waals surface area (Å²) >= 11 is 0. The number of nitrogens with zero attached hydrogens (tertiary/aromatic N) is 1. The maximum atomic E-state index is 11.3. The Labute approximate surface area is 120 Å². The molecule has 0 atom stereocenters. The van der Waals surface area contributed by atoms with Crippen molar-refractivity contribution in [3.05, 3.63) is 35.4 Å². The Bertz CT molecular complexity index is 439. The highest BCUT2D eigenvalue weighted by Crippen LogP contribution is 2.31. The number of rotatable bonds is 3. The van der Waals surface area contributed by atoms with E-state index < -0.39 is 0 Å². The minimum Gasteiger partial charge on any atom is -0.379 e. The number of carbonyl (C=O) groups excluding carboxylic acids is 1. The second kappa shape index (κ2) is 6.51. The zero-order valence-electron chi connectivity index (χ0n) is 12.0. The lowest BCUT2D eigenvalue weighted by molar-refractivity contribution is -0.120. The zero-order valence-corrected chi connectivity index (χ0v) is 12.0. The molecule has 1 aliphatic carbocycles. The first kappa shape index (κ1) is 13.8. The second-order valence-corrected chi connectivity index (χ2v) is 5.94. The fraction of sp³-hybridized carbons (Fsp3) is 0.588. The quantitative estimate of drug-likeness (QED) is 0.848. The largest absolute Gasteiger partial charge is 0.379 e. The van der Waals surface area contributed by atoms with Gasteiger partial charge < -0.3 is 4.74 Å². The molecule has 2 fully saturated rings. The lowest BCUT2D eigenvalue weighted by Crippen LogP contribution is -2.35. The Morgan fingerprint density at radius 3 is 2.35 bits per heavy atom. The fourth-order valence-corrected chi connectivity index (χ4v) is 3.19. The second-order valence-electron chi connectivity index (χ2n) is 5.94. The Hall–Kier alpha value is -1.19. The van der Waals surface area contributed by atoms with E-state index in [9.17, 15) is 4.79 Å². The summed E-state index contributed by atoms with van der Waals surface area (Å²) in [6, 6.07) is 9.02. The molecule has 108 valence electrons. The van der Waals surface area contributed by atoms with Gasteiger partial charge in [-0.25, -0.2) is 0 Å². The van der Waals surface area contributed by atoms with Crippen LogP contribution < -0.4 is 0 Å². The smallest absolute Gasteiger partial charge is 0.132 e. The van der Waals surface area contributed by atoms with Gasteiger partial charge in [0.05, 0.1) is 13.2 Å². The van der Waals surface area contributed by atoms with Crippen LogP contribution in [0, 0.1) is 0 Å². The van der Waals surface area contributed by atoms with E-state index in [0.717, 1.165) is 58.5 Å². The monoisotopic (exact) mass is 273 g/mol. The molecule has 3 rings (SSSR count). The van der Waals surface area contributed by atoms with Crippen LogP contribution in [0.25, 0.3) is 0 Å². The molecule has 1 heterocycles. The van der Waals surface area contributed by atoms with Crippen LogP contribution in [-0.2, 0) is 16.1 Å². The molecular formula is C17H23NO2. The van der Waals surface area contributed by atoms with Crippen molar-refractivity contribution in [2.75, 3.05) is 26.3 Å². The van der Waals surface area contributed by atoms with E-state index in [0.29, 0.717) is 11.7 Å². The van der Waals surface area contributed by atoms with Crippen molar-refractivity contribution in [3.63, 3.8) is 0 Å². The lowest BCUT2D eigenvalue weighted by atomic mass is 9.83. The van der Waals surface area contributed by atoms with Gasteiger partial charge >= 0.3 is 0 Å². The molecular weight excluding hydrogens is 250 g/mol. The van der Waals surface area contributed by atoms with E-state index in [1.807, 2.05) is 0 Å². The molecule has 0 bridgehead atoms. The minimum atomic E-state index is 0.435. The van der Waals surface area contributed by atoms with Crippen molar-refractivity contribution in [2.24, 2.45) is 0 Å². The van der Waals surface area contributed by atoms with Crippen LogP contribution in [0.5, 0.6) is 0 Å². The molecule has 0 N–H and O–H groups in total. The SMILES string of the molecule is O=C1CCC(c2ccc(CN3CCOCC3)cc2)CC1. The van der Waals surface area contributed by atoms with Gasteiger partial charge in [-0.3, -0.25) is 9.69 Å². The predicted molar refractivity (Wildman–Crippen MR) is 78.8 cm³/mol. The van der Waals surface area contributed by atoms with Gasteiger partial charge in [-0.1, -0.05) is 24.3 Å². The van der Waals surface area contributed by atoms with Gasteiger partial charge in [0, 0.05) is 32.5 Å². The van der Waals surface area contributed by atoms with Gasteiger partial charge in [0.25, 0.3) is 0 Å². The van der Waals surface area contributed by atoms with Crippen molar-refractivity contribution in [3.8, 4) is 0 Å². The van der Waals surface area contributed by atoms with Gasteiger partial charge in [-0.2, -0.15) is 0 Å². The van der Waals surface area contributed by atoms with E-state index in [-0.39, 0.29) is 0 Å². The normalized spacial score (nSPS) is 22.1. The topological polar surface area (TPSA) is 29.5 Å². The van der Waals surface area contributed by atoms with Gasteiger partial charge in [0.15, 0.2) is 0 Å². The fourth-order valence-electron chi connectivity index (χ4n) is 3.19. The number of Topliss-reactive ketones (excluding diaryl/α,β-unsaturated/α-hetero) is 1. The van der Waals surface area contributed by atoms with Crippen LogP contribution in [0.15, 0.2) is 24.3 Å². The average Bonchev–Trinajstić information content (AvgIpc) is 2.50. The number of carbonyl (C=O) groups is 1. The number of morpholine rings is 1. The molecule has 1 aromatic rings. The number of ether oxygens (including phenoxy) is 1. The summed E-state index contributed by atoms with van der Waals surface area (Å²) < 4.78 is 5.38. The summed E-state index contributed by atoms with van der Waals surface area (Å²) in [7, 11) is 0. The number of hydrogen-bond acceptors (Lipinski definition) is 3. The Kier molecular flexibility index (Phi) is 4.48. The summed E-state index contributed by atoms with van der Waals surface area (Å²) in [6.07, 6.45) is 3.59. The Morgan fingerprint density at radius 2 is 1.70 bits per heavy atom. The van der Waals surface area contributed by atoms with Crippen LogP contribution in [-0.4, -0.2) is 37.0 Å². The molecule has 20 heavy (non-hydrogen) atoms. The molecule has 1 saturated carbocycles. The summed E-state index contributed by atoms with van der Waals surface area (Å²) in [5, 5.41) is 0. The van der Waals surface area contributed by atoms with E-state index in [1.54, 1.807) is 0 Å². The molecule has 1 aromatic carbocycles. The van der Waals surface area contributed by atoms with Crippen molar-refractivity contribution in [1.29, 1.82) is 0 Å². The molecule has 1 saturated heterocycles. The van der Waals surface area contributed by atoms with E-state index in [2.05, 4.69) is 29.2 Å². The molecule has 3 heteroatoms. The summed E-state index contributed by atoms with van der Waals surface area (Å²) in [5.41, 5.74) is 2.78. The van der Waals surface area contributed by atoms with Crippen molar-refractivity contribution in [2.45, 2.75) is 38.1 Å². The highest BCUT2D eigenvalue weighted by Gasteiger charge is 2.20. The molecule has 0 aromatic heterocycles. The number of ketones is 1. The van der Waals surface area contributed by atoms with Gasteiger partial charge in [-0.15, -0.1) is 0 Å². The first-order valence-corrected chi connectivity index (χ1v) is 7.72. The summed E-state index contributed by atoms with van der Waals surface area (Å²) in [6.45, 7) is 4.80. The number of hydrogen-bond donors (Lipinski definition) is 0. The van der Waals surface area contributed by atoms with Gasteiger partial charge in [0.1, 0.15) is 5.78 Å². The van der Waals surface area contributed by atoms with Crippen LogP contribution in [0.2, 0.25) is 0 Å². The highest BCUT2D eigenvalue weighted by atomic mass is 16.5. The molecule has 1 aliphatic heterocycles. The molecule has 2 aliphatic rings. The van der Waals surface area contributed by atoms with E-state index >= 15 is 0 Å². The molecule has 0 amide bonds. The van der Waals surface area contributed by atoms with Crippen LogP contribution in [0.4, 0.5) is 0 Å².